The molecule has 2 nitrogen and oxygen atoms in total. The first-order valence-electron chi connectivity index (χ1n) is 4.72. The van der Waals surface area contributed by atoms with Crippen molar-refractivity contribution in [2.45, 2.75) is 20.0 Å². The Morgan fingerprint density at radius 1 is 1.50 bits per heavy atom. The average Bonchev–Trinajstić information content (AvgIpc) is 2.50. The van der Waals surface area contributed by atoms with Crippen LogP contribution in [0.1, 0.15) is 16.7 Å². The first kappa shape index (κ1) is 11.4. The molecule has 0 bridgehead atoms. The van der Waals surface area contributed by atoms with E-state index in [1.54, 1.807) is 11.3 Å². The van der Waals surface area contributed by atoms with E-state index < -0.39 is 0 Å². The molecule has 78 valence electrons. The number of nitrogens with two attached hydrogens (primary N) is 1. The van der Waals surface area contributed by atoms with Crippen LogP contribution in [0.2, 0.25) is 0 Å². The minimum absolute atomic E-state index is 0.648. The normalized spacial score (nSPS) is 10.9. The van der Waals surface area contributed by atoms with Gasteiger partial charge in [0.15, 0.2) is 0 Å². The molecular weight excluding hydrogens is 192 g/mol. The molecule has 0 aromatic carbocycles. The first-order chi connectivity index (χ1) is 6.61. The van der Waals surface area contributed by atoms with Crippen LogP contribution in [0.15, 0.2) is 24.3 Å². The summed E-state index contributed by atoms with van der Waals surface area (Å²) in [7, 11) is 2.11. The monoisotopic (exact) mass is 210 g/mol. The lowest BCUT2D eigenvalue weighted by Crippen LogP contribution is -2.18. The van der Waals surface area contributed by atoms with Gasteiger partial charge < -0.3 is 5.73 Å². The van der Waals surface area contributed by atoms with Crippen molar-refractivity contribution >= 4 is 11.3 Å². The minimum Gasteiger partial charge on any atom is -0.326 e. The van der Waals surface area contributed by atoms with Gasteiger partial charge in [-0.1, -0.05) is 12.2 Å². The van der Waals surface area contributed by atoms with Crippen molar-refractivity contribution in [1.82, 2.24) is 4.90 Å². The molecule has 0 amide bonds. The van der Waals surface area contributed by atoms with Crippen molar-refractivity contribution in [2.75, 3.05) is 13.6 Å². The van der Waals surface area contributed by atoms with Gasteiger partial charge in [-0.25, -0.2) is 0 Å². The smallest absolute Gasteiger partial charge is 0.0328 e. The van der Waals surface area contributed by atoms with Crippen molar-refractivity contribution in [2.24, 2.45) is 5.73 Å². The number of rotatable bonds is 5. The molecule has 0 unspecified atom stereocenters. The van der Waals surface area contributed by atoms with E-state index in [1.165, 1.54) is 15.3 Å². The van der Waals surface area contributed by atoms with Crippen LogP contribution in [0.4, 0.5) is 0 Å². The molecule has 2 N–H and O–H groups in total. The van der Waals surface area contributed by atoms with E-state index in [-0.39, 0.29) is 0 Å². The quantitative estimate of drug-likeness (QED) is 0.755. The zero-order chi connectivity index (χ0) is 10.6. The summed E-state index contributed by atoms with van der Waals surface area (Å²) in [6.45, 7) is 8.54. The maximum Gasteiger partial charge on any atom is 0.0328 e. The fraction of sp³-hybridized carbons (Fsp3) is 0.455. The topological polar surface area (TPSA) is 29.3 Å². The predicted molar refractivity (Wildman–Crippen MR) is 63.4 cm³/mol. The Balaban J connectivity index is 2.47. The van der Waals surface area contributed by atoms with Gasteiger partial charge in [0, 0.05) is 29.4 Å². The van der Waals surface area contributed by atoms with Crippen molar-refractivity contribution < 1.29 is 0 Å². The Hall–Kier alpha value is -0.640. The van der Waals surface area contributed by atoms with Gasteiger partial charge in [-0.05, 0) is 26.1 Å². The number of hydrogen-bond acceptors (Lipinski definition) is 3. The van der Waals surface area contributed by atoms with Crippen LogP contribution in [0, 0.1) is 0 Å². The average molecular weight is 210 g/mol. The minimum atomic E-state index is 0.648. The number of likely N-dealkylation sites (N-methyl/N-ethyl adjacent to an activating group) is 1. The fourth-order valence-electron chi connectivity index (χ4n) is 1.40. The van der Waals surface area contributed by atoms with Gasteiger partial charge in [0.1, 0.15) is 0 Å². The maximum atomic E-state index is 5.56. The summed E-state index contributed by atoms with van der Waals surface area (Å²) in [6.07, 6.45) is 0. The van der Waals surface area contributed by atoms with Gasteiger partial charge >= 0.3 is 0 Å². The molecule has 1 aromatic heterocycles. The second-order valence-corrected chi connectivity index (χ2v) is 4.95. The zero-order valence-electron chi connectivity index (χ0n) is 8.92. The summed E-state index contributed by atoms with van der Waals surface area (Å²) in [6, 6.07) is 4.26. The molecular formula is C11H18N2S. The molecule has 0 saturated carbocycles. The molecule has 0 aliphatic carbocycles. The van der Waals surface area contributed by atoms with E-state index in [9.17, 15) is 0 Å². The lowest BCUT2D eigenvalue weighted by Gasteiger charge is -2.14. The molecule has 1 rings (SSSR count). The Kier molecular flexibility index (Phi) is 4.32. The third kappa shape index (κ3) is 3.62. The van der Waals surface area contributed by atoms with Gasteiger partial charge in [0.05, 0.1) is 0 Å². The third-order valence-corrected chi connectivity index (χ3v) is 2.98. The van der Waals surface area contributed by atoms with Gasteiger partial charge in [-0.2, -0.15) is 0 Å². The summed E-state index contributed by atoms with van der Waals surface area (Å²) in [5.41, 5.74) is 6.75. The highest BCUT2D eigenvalue weighted by molar-refractivity contribution is 7.11. The molecule has 0 saturated heterocycles. The number of hydrogen-bond donors (Lipinski definition) is 1. The van der Waals surface area contributed by atoms with Crippen molar-refractivity contribution in [3.8, 4) is 0 Å². The van der Waals surface area contributed by atoms with Gasteiger partial charge in [0.25, 0.3) is 0 Å². The van der Waals surface area contributed by atoms with Crippen molar-refractivity contribution in [3.63, 3.8) is 0 Å². The van der Waals surface area contributed by atoms with E-state index in [4.69, 9.17) is 5.73 Å². The first-order valence-corrected chi connectivity index (χ1v) is 5.54. The second-order valence-electron chi connectivity index (χ2n) is 3.70. The van der Waals surface area contributed by atoms with Gasteiger partial charge in [-0.15, -0.1) is 11.3 Å². The highest BCUT2D eigenvalue weighted by atomic mass is 32.1. The highest BCUT2D eigenvalue weighted by Crippen LogP contribution is 2.17. The lowest BCUT2D eigenvalue weighted by molar-refractivity contribution is 0.359. The highest BCUT2D eigenvalue weighted by Gasteiger charge is 2.03. The van der Waals surface area contributed by atoms with Crippen LogP contribution in [-0.2, 0) is 13.1 Å². The Bertz CT molecular complexity index is 304. The molecule has 0 atom stereocenters. The Labute approximate surface area is 90.0 Å². The van der Waals surface area contributed by atoms with Crippen molar-refractivity contribution in [3.05, 3.63) is 34.0 Å². The summed E-state index contributed by atoms with van der Waals surface area (Å²) < 4.78 is 0. The lowest BCUT2D eigenvalue weighted by atomic mass is 10.3. The van der Waals surface area contributed by atoms with E-state index >= 15 is 0 Å². The molecule has 3 heteroatoms. The Morgan fingerprint density at radius 2 is 2.14 bits per heavy atom. The molecule has 0 fully saturated rings. The second kappa shape index (κ2) is 5.29. The number of thiophene rings is 1. The largest absolute Gasteiger partial charge is 0.326 e. The van der Waals surface area contributed by atoms with Crippen LogP contribution in [-0.4, -0.2) is 18.5 Å². The standard InChI is InChI=1S/C11H18N2S/c1-9(2)7-13(3)8-11-5-4-10(6-12)14-11/h4-5H,1,6-8,12H2,2-3H3. The Morgan fingerprint density at radius 3 is 2.64 bits per heavy atom. The van der Waals surface area contributed by atoms with E-state index in [1.807, 2.05) is 0 Å². The van der Waals surface area contributed by atoms with Crippen LogP contribution < -0.4 is 5.73 Å². The SMILES string of the molecule is C=C(C)CN(C)Cc1ccc(CN)s1. The molecule has 0 aliphatic rings. The molecule has 14 heavy (non-hydrogen) atoms. The molecule has 0 radical (unpaired) electrons. The summed E-state index contributed by atoms with van der Waals surface area (Å²) in [5, 5.41) is 0. The zero-order valence-corrected chi connectivity index (χ0v) is 9.73. The summed E-state index contributed by atoms with van der Waals surface area (Å²) >= 11 is 1.79. The maximum absolute atomic E-state index is 5.56. The number of nitrogens with zero attached hydrogens (tertiary/aromatic N) is 1. The third-order valence-electron chi connectivity index (χ3n) is 1.88. The van der Waals surface area contributed by atoms with Crippen LogP contribution in [0.5, 0.6) is 0 Å². The molecule has 0 spiro atoms. The summed E-state index contributed by atoms with van der Waals surface area (Å²) in [5.74, 6) is 0. The molecule has 1 heterocycles. The van der Waals surface area contributed by atoms with Gasteiger partial charge in [0.2, 0.25) is 0 Å². The fourth-order valence-corrected chi connectivity index (χ4v) is 2.38. The van der Waals surface area contributed by atoms with Gasteiger partial charge in [-0.3, -0.25) is 4.90 Å². The molecule has 0 aliphatic heterocycles. The van der Waals surface area contributed by atoms with Crippen molar-refractivity contribution in [1.29, 1.82) is 0 Å². The van der Waals surface area contributed by atoms with E-state index in [0.29, 0.717) is 6.54 Å². The predicted octanol–water partition coefficient (Wildman–Crippen LogP) is 2.21. The van der Waals surface area contributed by atoms with Crippen LogP contribution in [0.25, 0.3) is 0 Å². The van der Waals surface area contributed by atoms with E-state index in [0.717, 1.165) is 13.1 Å². The summed E-state index contributed by atoms with van der Waals surface area (Å²) in [4.78, 5) is 4.88. The van der Waals surface area contributed by atoms with Crippen LogP contribution >= 0.6 is 11.3 Å². The van der Waals surface area contributed by atoms with E-state index in [2.05, 4.69) is 37.6 Å². The molecule has 1 aromatic rings. The van der Waals surface area contributed by atoms with Crippen LogP contribution in [0.3, 0.4) is 0 Å².